The van der Waals surface area contributed by atoms with E-state index in [1.54, 1.807) is 0 Å². The maximum Gasteiger partial charge on any atom is 0.416 e. The molecule has 0 spiro atoms. The summed E-state index contributed by atoms with van der Waals surface area (Å²) in [6, 6.07) is 1.93. The van der Waals surface area contributed by atoms with Crippen molar-refractivity contribution >= 4 is 10.2 Å². The Morgan fingerprint density at radius 3 is 1.44 bits per heavy atom. The molecule has 0 nitrogen and oxygen atoms in total. The SMILES string of the molecule is FC(F)(F)c1cc(C[SiH3])cc(C(F)(F)F)c1. The van der Waals surface area contributed by atoms with Crippen LogP contribution in [0, 0.1) is 0 Å². The minimum Gasteiger partial charge on any atom is -0.166 e. The zero-order chi connectivity index (χ0) is 12.6. The molecular formula is C9H8F6Si. The zero-order valence-electron chi connectivity index (χ0n) is 8.21. The second-order valence-corrected chi connectivity index (χ2v) is 3.97. The van der Waals surface area contributed by atoms with Gasteiger partial charge in [0.25, 0.3) is 0 Å². The minimum absolute atomic E-state index is 0.0776. The normalized spacial score (nSPS) is 13.1. The van der Waals surface area contributed by atoms with Crippen LogP contribution in [0.1, 0.15) is 16.7 Å². The zero-order valence-corrected chi connectivity index (χ0v) is 10.2. The summed E-state index contributed by atoms with van der Waals surface area (Å²) in [7, 11) is 0.511. The molecule has 0 aliphatic rings. The van der Waals surface area contributed by atoms with Crippen molar-refractivity contribution in [2.45, 2.75) is 18.4 Å². The molecule has 0 aliphatic heterocycles. The fourth-order valence-electron chi connectivity index (χ4n) is 1.22. The first kappa shape index (κ1) is 13.1. The number of hydrogen-bond donors (Lipinski definition) is 0. The molecule has 0 saturated heterocycles. The Morgan fingerprint density at radius 1 is 0.812 bits per heavy atom. The highest BCUT2D eigenvalue weighted by Gasteiger charge is 2.36. The van der Waals surface area contributed by atoms with E-state index in [-0.39, 0.29) is 17.7 Å². The third kappa shape index (κ3) is 3.00. The van der Waals surface area contributed by atoms with Gasteiger partial charge in [-0.05, 0) is 24.2 Å². The van der Waals surface area contributed by atoms with Crippen LogP contribution in [-0.4, -0.2) is 10.2 Å². The summed E-state index contributed by atoms with van der Waals surface area (Å²) in [5.74, 6) is 0. The maximum absolute atomic E-state index is 12.3. The Hall–Kier alpha value is -0.983. The molecule has 0 saturated carbocycles. The van der Waals surface area contributed by atoms with Crippen LogP contribution in [0.5, 0.6) is 0 Å². The summed E-state index contributed by atoms with van der Waals surface area (Å²) in [6.45, 7) is 0. The van der Waals surface area contributed by atoms with Crippen LogP contribution in [0.2, 0.25) is 0 Å². The van der Waals surface area contributed by atoms with Gasteiger partial charge < -0.3 is 0 Å². The van der Waals surface area contributed by atoms with Crippen LogP contribution in [0.15, 0.2) is 18.2 Å². The van der Waals surface area contributed by atoms with Gasteiger partial charge in [-0.15, -0.1) is 0 Å². The summed E-state index contributed by atoms with van der Waals surface area (Å²) in [4.78, 5) is 0. The van der Waals surface area contributed by atoms with Gasteiger partial charge in [0.15, 0.2) is 0 Å². The van der Waals surface area contributed by atoms with Crippen LogP contribution in [0.4, 0.5) is 26.3 Å². The Bertz CT molecular complexity index is 346. The predicted octanol–water partition coefficient (Wildman–Crippen LogP) is 2.59. The lowest BCUT2D eigenvalue weighted by atomic mass is 10.1. The molecule has 90 valence electrons. The molecule has 0 aromatic heterocycles. The standard InChI is InChI=1S/C9H8F6Si/c10-8(11,12)6-1-5(4-16)2-7(3-6)9(13,14)15/h1-3H,4H2,16H3. The summed E-state index contributed by atoms with van der Waals surface area (Å²) in [5, 5.41) is 0. The molecule has 0 unspecified atom stereocenters. The van der Waals surface area contributed by atoms with Crippen molar-refractivity contribution in [1.29, 1.82) is 0 Å². The van der Waals surface area contributed by atoms with Gasteiger partial charge in [-0.3, -0.25) is 0 Å². The molecular weight excluding hydrogens is 250 g/mol. The van der Waals surface area contributed by atoms with Crippen LogP contribution >= 0.6 is 0 Å². The van der Waals surface area contributed by atoms with Crippen LogP contribution in [-0.2, 0) is 18.4 Å². The average Bonchev–Trinajstić information content (AvgIpc) is 2.14. The third-order valence-corrected chi connectivity index (χ3v) is 2.87. The highest BCUT2D eigenvalue weighted by Crippen LogP contribution is 2.36. The van der Waals surface area contributed by atoms with E-state index in [0.29, 0.717) is 10.2 Å². The fraction of sp³-hybridized carbons (Fsp3) is 0.333. The summed E-state index contributed by atoms with van der Waals surface area (Å²) >= 11 is 0. The second-order valence-electron chi connectivity index (χ2n) is 3.27. The van der Waals surface area contributed by atoms with Gasteiger partial charge in [-0.1, -0.05) is 5.56 Å². The van der Waals surface area contributed by atoms with Gasteiger partial charge in [0.2, 0.25) is 0 Å². The van der Waals surface area contributed by atoms with Gasteiger partial charge >= 0.3 is 12.4 Å². The molecule has 0 atom stereocenters. The molecule has 0 bridgehead atoms. The molecule has 0 fully saturated rings. The number of rotatable bonds is 1. The predicted molar refractivity (Wildman–Crippen MR) is 50.1 cm³/mol. The van der Waals surface area contributed by atoms with Crippen molar-refractivity contribution < 1.29 is 26.3 Å². The molecule has 0 N–H and O–H groups in total. The number of hydrogen-bond acceptors (Lipinski definition) is 0. The monoisotopic (exact) mass is 258 g/mol. The van der Waals surface area contributed by atoms with Crippen molar-refractivity contribution in [3.63, 3.8) is 0 Å². The molecule has 1 rings (SSSR count). The summed E-state index contributed by atoms with van der Waals surface area (Å²) < 4.78 is 73.9. The van der Waals surface area contributed by atoms with Crippen molar-refractivity contribution in [3.05, 3.63) is 34.9 Å². The van der Waals surface area contributed by atoms with E-state index >= 15 is 0 Å². The summed E-state index contributed by atoms with van der Waals surface area (Å²) in [6.07, 6.45) is -9.49. The first-order valence-corrected chi connectivity index (χ1v) is 5.84. The average molecular weight is 258 g/mol. The van der Waals surface area contributed by atoms with Crippen molar-refractivity contribution in [1.82, 2.24) is 0 Å². The van der Waals surface area contributed by atoms with E-state index in [4.69, 9.17) is 0 Å². The van der Waals surface area contributed by atoms with Crippen molar-refractivity contribution in [3.8, 4) is 0 Å². The third-order valence-electron chi connectivity index (χ3n) is 2.06. The molecule has 0 heterocycles. The Kier molecular flexibility index (Phi) is 3.37. The van der Waals surface area contributed by atoms with E-state index in [1.807, 2.05) is 0 Å². The molecule has 0 amide bonds. The lowest BCUT2D eigenvalue weighted by Gasteiger charge is -2.13. The number of alkyl halides is 6. The molecule has 0 radical (unpaired) electrons. The highest BCUT2D eigenvalue weighted by molar-refractivity contribution is 6.08. The minimum atomic E-state index is -4.74. The largest absolute Gasteiger partial charge is 0.416 e. The topological polar surface area (TPSA) is 0 Å². The van der Waals surface area contributed by atoms with E-state index in [0.717, 1.165) is 12.1 Å². The number of halogens is 6. The van der Waals surface area contributed by atoms with Gasteiger partial charge in [-0.2, -0.15) is 26.3 Å². The van der Waals surface area contributed by atoms with Crippen LogP contribution in [0.25, 0.3) is 0 Å². The molecule has 16 heavy (non-hydrogen) atoms. The van der Waals surface area contributed by atoms with Crippen molar-refractivity contribution in [2.24, 2.45) is 0 Å². The van der Waals surface area contributed by atoms with E-state index in [1.165, 1.54) is 0 Å². The second kappa shape index (κ2) is 4.12. The quantitative estimate of drug-likeness (QED) is 0.536. The Balaban J connectivity index is 3.33. The van der Waals surface area contributed by atoms with Gasteiger partial charge in [0, 0.05) is 10.2 Å². The number of benzene rings is 1. The molecule has 7 heteroatoms. The first-order valence-electron chi connectivity index (χ1n) is 4.43. The van der Waals surface area contributed by atoms with E-state index < -0.39 is 23.5 Å². The fourth-order valence-corrected chi connectivity index (χ4v) is 1.63. The first-order chi connectivity index (χ1) is 7.14. The Morgan fingerprint density at radius 2 is 1.19 bits per heavy atom. The van der Waals surface area contributed by atoms with Gasteiger partial charge in [0.05, 0.1) is 11.1 Å². The van der Waals surface area contributed by atoms with Crippen molar-refractivity contribution in [2.75, 3.05) is 0 Å². The molecule has 1 aromatic carbocycles. The van der Waals surface area contributed by atoms with Gasteiger partial charge in [-0.25, -0.2) is 0 Å². The Labute approximate surface area is 90.7 Å². The highest BCUT2D eigenvalue weighted by atomic mass is 28.1. The molecule has 0 aliphatic carbocycles. The molecule has 1 aromatic rings. The van der Waals surface area contributed by atoms with E-state index in [2.05, 4.69) is 0 Å². The van der Waals surface area contributed by atoms with Gasteiger partial charge in [0.1, 0.15) is 0 Å². The lowest BCUT2D eigenvalue weighted by Crippen LogP contribution is -2.11. The summed E-state index contributed by atoms with van der Waals surface area (Å²) in [5.41, 5.74) is -2.41. The van der Waals surface area contributed by atoms with Crippen LogP contribution in [0.3, 0.4) is 0 Å². The van der Waals surface area contributed by atoms with E-state index in [9.17, 15) is 26.3 Å². The lowest BCUT2D eigenvalue weighted by molar-refractivity contribution is -0.143. The maximum atomic E-state index is 12.3. The van der Waals surface area contributed by atoms with Crippen LogP contribution < -0.4 is 0 Å². The smallest absolute Gasteiger partial charge is 0.166 e.